The Balaban J connectivity index is 1.83. The lowest BCUT2D eigenvalue weighted by Crippen LogP contribution is -2.37. The van der Waals surface area contributed by atoms with Gasteiger partial charge in [-0.1, -0.05) is 12.1 Å². The van der Waals surface area contributed by atoms with Crippen molar-refractivity contribution in [3.63, 3.8) is 0 Å². The van der Waals surface area contributed by atoms with Gasteiger partial charge in [0, 0.05) is 25.3 Å². The molecule has 0 aliphatic carbocycles. The number of amides is 1. The Morgan fingerprint density at radius 1 is 1.24 bits per heavy atom. The smallest absolute Gasteiger partial charge is 0.254 e. The molecule has 1 saturated heterocycles. The second-order valence-corrected chi connectivity index (χ2v) is 6.41. The van der Waals surface area contributed by atoms with Crippen LogP contribution in [-0.2, 0) is 11.3 Å². The van der Waals surface area contributed by atoms with Crippen molar-refractivity contribution in [1.29, 1.82) is 0 Å². The zero-order chi connectivity index (χ0) is 17.8. The molecule has 1 heterocycles. The van der Waals surface area contributed by atoms with Crippen LogP contribution in [0.4, 0.5) is 8.78 Å². The molecule has 0 spiro atoms. The summed E-state index contributed by atoms with van der Waals surface area (Å²) in [5.41, 5.74) is 1.56. The van der Waals surface area contributed by atoms with Crippen molar-refractivity contribution >= 4 is 5.91 Å². The van der Waals surface area contributed by atoms with Gasteiger partial charge in [-0.3, -0.25) is 4.79 Å². The third-order valence-corrected chi connectivity index (χ3v) is 4.40. The van der Waals surface area contributed by atoms with Crippen molar-refractivity contribution in [2.45, 2.75) is 32.4 Å². The summed E-state index contributed by atoms with van der Waals surface area (Å²) >= 11 is 0. The molecule has 1 atom stereocenters. The Labute approximate surface area is 146 Å². The highest BCUT2D eigenvalue weighted by Crippen LogP contribution is 2.19. The van der Waals surface area contributed by atoms with Gasteiger partial charge in [-0.25, -0.2) is 8.78 Å². The van der Waals surface area contributed by atoms with Gasteiger partial charge in [0.2, 0.25) is 0 Å². The van der Waals surface area contributed by atoms with Gasteiger partial charge >= 0.3 is 0 Å². The number of hydrogen-bond donors (Lipinski definition) is 0. The Morgan fingerprint density at radius 3 is 2.76 bits per heavy atom. The highest BCUT2D eigenvalue weighted by molar-refractivity contribution is 5.94. The molecule has 1 fully saturated rings. The molecule has 1 aliphatic heterocycles. The number of ether oxygens (including phenoxy) is 1. The van der Waals surface area contributed by atoms with Crippen LogP contribution in [0, 0.1) is 18.6 Å². The molecule has 3 rings (SSSR count). The molecule has 132 valence electrons. The highest BCUT2D eigenvalue weighted by Gasteiger charge is 2.24. The Bertz CT molecular complexity index is 757. The fraction of sp³-hybridized carbons (Fsp3) is 0.350. The summed E-state index contributed by atoms with van der Waals surface area (Å²) in [6.07, 6.45) is 1.86. The van der Waals surface area contributed by atoms with Crippen LogP contribution in [0.2, 0.25) is 0 Å². The topological polar surface area (TPSA) is 29.5 Å². The Kier molecular flexibility index (Phi) is 5.43. The van der Waals surface area contributed by atoms with E-state index in [1.807, 2.05) is 0 Å². The van der Waals surface area contributed by atoms with Gasteiger partial charge in [0.1, 0.15) is 11.6 Å². The second-order valence-electron chi connectivity index (χ2n) is 6.41. The van der Waals surface area contributed by atoms with Crippen molar-refractivity contribution in [2.24, 2.45) is 0 Å². The van der Waals surface area contributed by atoms with E-state index in [1.54, 1.807) is 30.0 Å². The summed E-state index contributed by atoms with van der Waals surface area (Å²) in [7, 11) is 0. The van der Waals surface area contributed by atoms with Crippen LogP contribution >= 0.6 is 0 Å². The van der Waals surface area contributed by atoms with Crippen LogP contribution in [0.3, 0.4) is 0 Å². The zero-order valence-electron chi connectivity index (χ0n) is 14.2. The average Bonchev–Trinajstić information content (AvgIpc) is 3.09. The maximum absolute atomic E-state index is 13.5. The molecule has 0 saturated carbocycles. The molecule has 3 nitrogen and oxygen atoms in total. The second kappa shape index (κ2) is 7.74. The van der Waals surface area contributed by atoms with Gasteiger partial charge in [0.15, 0.2) is 0 Å². The minimum absolute atomic E-state index is 0.0148. The third kappa shape index (κ3) is 4.42. The number of aryl methyl sites for hydroxylation is 1. The van der Waals surface area contributed by atoms with Crippen LogP contribution in [0.1, 0.15) is 34.3 Å². The van der Waals surface area contributed by atoms with Gasteiger partial charge in [0.05, 0.1) is 6.10 Å². The molecular formula is C20H21F2NO2. The largest absolute Gasteiger partial charge is 0.376 e. The predicted octanol–water partition coefficient (Wildman–Crippen LogP) is 4.09. The standard InChI is InChI=1S/C20H21F2NO2/c1-14-10-16(7-8-19(14)22)20(24)23(13-18-6-3-9-25-18)12-15-4-2-5-17(21)11-15/h2,4-5,7-8,10-11,18H,3,6,9,12-13H2,1H3. The zero-order valence-corrected chi connectivity index (χ0v) is 14.2. The van der Waals surface area contributed by atoms with E-state index >= 15 is 0 Å². The number of carbonyl (C=O) groups is 1. The quantitative estimate of drug-likeness (QED) is 0.817. The molecule has 0 aromatic heterocycles. The molecule has 0 bridgehead atoms. The van der Waals surface area contributed by atoms with E-state index in [-0.39, 0.29) is 30.2 Å². The lowest BCUT2D eigenvalue weighted by Gasteiger charge is -2.26. The van der Waals surface area contributed by atoms with Gasteiger partial charge in [-0.05, 0) is 61.2 Å². The molecule has 5 heteroatoms. The van der Waals surface area contributed by atoms with Crippen molar-refractivity contribution in [1.82, 2.24) is 4.90 Å². The van der Waals surface area contributed by atoms with E-state index in [1.165, 1.54) is 24.3 Å². The van der Waals surface area contributed by atoms with Gasteiger partial charge in [0.25, 0.3) is 5.91 Å². The van der Waals surface area contributed by atoms with E-state index in [9.17, 15) is 13.6 Å². The SMILES string of the molecule is Cc1cc(C(=O)N(Cc2cccc(F)c2)CC2CCCO2)ccc1F. The number of rotatable bonds is 5. The first-order chi connectivity index (χ1) is 12.0. The highest BCUT2D eigenvalue weighted by atomic mass is 19.1. The Morgan fingerprint density at radius 2 is 2.08 bits per heavy atom. The van der Waals surface area contributed by atoms with E-state index in [2.05, 4.69) is 0 Å². The van der Waals surface area contributed by atoms with Crippen molar-refractivity contribution in [3.8, 4) is 0 Å². The van der Waals surface area contributed by atoms with Crippen molar-refractivity contribution < 1.29 is 18.3 Å². The molecule has 1 amide bonds. The van der Waals surface area contributed by atoms with E-state index in [0.717, 1.165) is 12.8 Å². The number of halogens is 2. The van der Waals surface area contributed by atoms with Gasteiger partial charge < -0.3 is 9.64 Å². The summed E-state index contributed by atoms with van der Waals surface area (Å²) in [6, 6.07) is 10.5. The number of hydrogen-bond acceptors (Lipinski definition) is 2. The summed E-state index contributed by atoms with van der Waals surface area (Å²) in [6.45, 7) is 3.05. The summed E-state index contributed by atoms with van der Waals surface area (Å²) in [5, 5.41) is 0. The predicted molar refractivity (Wildman–Crippen MR) is 91.3 cm³/mol. The van der Waals surface area contributed by atoms with Crippen molar-refractivity contribution in [3.05, 3.63) is 70.8 Å². The fourth-order valence-corrected chi connectivity index (χ4v) is 3.07. The van der Waals surface area contributed by atoms with Crippen molar-refractivity contribution in [2.75, 3.05) is 13.2 Å². The van der Waals surface area contributed by atoms with E-state index < -0.39 is 0 Å². The van der Waals surface area contributed by atoms with E-state index in [4.69, 9.17) is 4.74 Å². The summed E-state index contributed by atoms with van der Waals surface area (Å²) in [5.74, 6) is -0.880. The number of nitrogens with zero attached hydrogens (tertiary/aromatic N) is 1. The third-order valence-electron chi connectivity index (χ3n) is 4.40. The molecule has 2 aromatic carbocycles. The summed E-state index contributed by atoms with van der Waals surface area (Å²) in [4.78, 5) is 14.6. The molecule has 25 heavy (non-hydrogen) atoms. The maximum Gasteiger partial charge on any atom is 0.254 e. The van der Waals surface area contributed by atoms with Crippen LogP contribution in [0.5, 0.6) is 0 Å². The van der Waals surface area contributed by atoms with Crippen LogP contribution in [0.15, 0.2) is 42.5 Å². The van der Waals surface area contributed by atoms with Crippen LogP contribution in [0.25, 0.3) is 0 Å². The maximum atomic E-state index is 13.5. The minimum Gasteiger partial charge on any atom is -0.376 e. The normalized spacial score (nSPS) is 16.8. The number of benzene rings is 2. The van der Waals surface area contributed by atoms with Gasteiger partial charge in [-0.15, -0.1) is 0 Å². The molecule has 0 radical (unpaired) electrons. The molecule has 1 unspecified atom stereocenters. The van der Waals surface area contributed by atoms with Crippen LogP contribution < -0.4 is 0 Å². The Hall–Kier alpha value is -2.27. The monoisotopic (exact) mass is 345 g/mol. The van der Waals surface area contributed by atoms with E-state index in [0.29, 0.717) is 29.8 Å². The number of carbonyl (C=O) groups excluding carboxylic acids is 1. The molecule has 1 aliphatic rings. The van der Waals surface area contributed by atoms with Crippen LogP contribution in [-0.4, -0.2) is 30.1 Å². The van der Waals surface area contributed by atoms with Gasteiger partial charge in [-0.2, -0.15) is 0 Å². The summed E-state index contributed by atoms with van der Waals surface area (Å²) < 4.78 is 32.6. The average molecular weight is 345 g/mol. The first kappa shape index (κ1) is 17.5. The first-order valence-corrected chi connectivity index (χ1v) is 8.44. The molecule has 0 N–H and O–H groups in total. The first-order valence-electron chi connectivity index (χ1n) is 8.44. The lowest BCUT2D eigenvalue weighted by molar-refractivity contribution is 0.0507. The molecule has 2 aromatic rings. The fourth-order valence-electron chi connectivity index (χ4n) is 3.07. The lowest BCUT2D eigenvalue weighted by atomic mass is 10.1. The molecular weight excluding hydrogens is 324 g/mol. The minimum atomic E-state index is -0.340.